The quantitative estimate of drug-likeness (QED) is 0.800. The van der Waals surface area contributed by atoms with E-state index in [0.717, 1.165) is 12.0 Å². The summed E-state index contributed by atoms with van der Waals surface area (Å²) in [5.41, 5.74) is 0. The molecule has 2 rings (SSSR count). The minimum absolute atomic E-state index is 0.632. The Bertz CT molecular complexity index is 222. The summed E-state index contributed by atoms with van der Waals surface area (Å²) in [6.45, 7) is 10.9. The van der Waals surface area contributed by atoms with Gasteiger partial charge >= 0.3 is 0 Å². The third-order valence-corrected chi connectivity index (χ3v) is 4.34. The molecule has 0 aromatic rings. The summed E-state index contributed by atoms with van der Waals surface area (Å²) in [5, 5.41) is 3.58. The van der Waals surface area contributed by atoms with Crippen molar-refractivity contribution in [2.75, 3.05) is 39.8 Å². The average molecular weight is 239 g/mol. The lowest BCUT2D eigenvalue weighted by molar-refractivity contribution is 0.139. The standard InChI is InChI=1S/C14H29N3/c1-12(2)15-10-13-4-9-17(11-13)14-5-7-16(3)8-6-14/h12-15H,4-11H2,1-3H3. The van der Waals surface area contributed by atoms with E-state index in [-0.39, 0.29) is 0 Å². The highest BCUT2D eigenvalue weighted by atomic mass is 15.2. The first-order valence-electron chi connectivity index (χ1n) is 7.31. The van der Waals surface area contributed by atoms with Crippen LogP contribution in [0.25, 0.3) is 0 Å². The molecule has 0 amide bonds. The smallest absolute Gasteiger partial charge is 0.0120 e. The van der Waals surface area contributed by atoms with Gasteiger partial charge in [0, 0.05) is 18.6 Å². The van der Waals surface area contributed by atoms with Crippen molar-refractivity contribution < 1.29 is 0 Å². The molecule has 2 aliphatic heterocycles. The molecular weight excluding hydrogens is 210 g/mol. The van der Waals surface area contributed by atoms with Crippen molar-refractivity contribution in [3.8, 4) is 0 Å². The molecule has 0 saturated carbocycles. The largest absolute Gasteiger partial charge is 0.314 e. The van der Waals surface area contributed by atoms with Crippen molar-refractivity contribution in [3.05, 3.63) is 0 Å². The Morgan fingerprint density at radius 3 is 2.47 bits per heavy atom. The minimum Gasteiger partial charge on any atom is -0.314 e. The van der Waals surface area contributed by atoms with Crippen molar-refractivity contribution in [1.82, 2.24) is 15.1 Å². The molecule has 0 aliphatic carbocycles. The van der Waals surface area contributed by atoms with Crippen LogP contribution in [0.5, 0.6) is 0 Å². The number of hydrogen-bond acceptors (Lipinski definition) is 3. The van der Waals surface area contributed by atoms with E-state index >= 15 is 0 Å². The molecule has 17 heavy (non-hydrogen) atoms. The van der Waals surface area contributed by atoms with E-state index in [4.69, 9.17) is 0 Å². The van der Waals surface area contributed by atoms with Crippen molar-refractivity contribution in [2.24, 2.45) is 5.92 Å². The van der Waals surface area contributed by atoms with Gasteiger partial charge in [-0.25, -0.2) is 0 Å². The van der Waals surface area contributed by atoms with Crippen LogP contribution in [-0.2, 0) is 0 Å². The number of nitrogens with one attached hydrogen (secondary N) is 1. The zero-order chi connectivity index (χ0) is 12.3. The lowest BCUT2D eigenvalue weighted by atomic mass is 10.0. The molecule has 1 N–H and O–H groups in total. The third kappa shape index (κ3) is 3.94. The highest BCUT2D eigenvalue weighted by Crippen LogP contribution is 2.23. The fourth-order valence-corrected chi connectivity index (χ4v) is 3.12. The van der Waals surface area contributed by atoms with E-state index in [1.807, 2.05) is 0 Å². The molecule has 2 heterocycles. The van der Waals surface area contributed by atoms with Crippen LogP contribution < -0.4 is 5.32 Å². The maximum Gasteiger partial charge on any atom is 0.0120 e. The summed E-state index contributed by atoms with van der Waals surface area (Å²) in [6, 6.07) is 1.50. The van der Waals surface area contributed by atoms with Gasteiger partial charge in [-0.2, -0.15) is 0 Å². The van der Waals surface area contributed by atoms with Gasteiger partial charge in [-0.05, 0) is 58.4 Å². The SMILES string of the molecule is CC(C)NCC1CCN(C2CCN(C)CC2)C1. The third-order valence-electron chi connectivity index (χ3n) is 4.34. The van der Waals surface area contributed by atoms with Crippen LogP contribution in [0.3, 0.4) is 0 Å². The van der Waals surface area contributed by atoms with Gasteiger partial charge in [-0.1, -0.05) is 13.8 Å². The molecule has 0 bridgehead atoms. The number of rotatable bonds is 4. The first-order valence-corrected chi connectivity index (χ1v) is 7.31. The Labute approximate surface area is 107 Å². The van der Waals surface area contributed by atoms with Crippen molar-refractivity contribution in [3.63, 3.8) is 0 Å². The van der Waals surface area contributed by atoms with Gasteiger partial charge in [0.15, 0.2) is 0 Å². The van der Waals surface area contributed by atoms with Crippen molar-refractivity contribution >= 4 is 0 Å². The molecule has 0 aromatic heterocycles. The van der Waals surface area contributed by atoms with Gasteiger partial charge in [0.05, 0.1) is 0 Å². The second-order valence-electron chi connectivity index (χ2n) is 6.25. The lowest BCUT2D eigenvalue weighted by Crippen LogP contribution is -2.43. The first-order chi connectivity index (χ1) is 8.15. The highest BCUT2D eigenvalue weighted by molar-refractivity contribution is 4.85. The lowest BCUT2D eigenvalue weighted by Gasteiger charge is -2.35. The second kappa shape index (κ2) is 6.17. The van der Waals surface area contributed by atoms with Gasteiger partial charge in [0.25, 0.3) is 0 Å². The topological polar surface area (TPSA) is 18.5 Å². The molecule has 100 valence electrons. The average Bonchev–Trinajstić information content (AvgIpc) is 2.76. The number of likely N-dealkylation sites (tertiary alicyclic amines) is 2. The molecule has 0 radical (unpaired) electrons. The van der Waals surface area contributed by atoms with Crippen LogP contribution in [0.2, 0.25) is 0 Å². The van der Waals surface area contributed by atoms with Crippen LogP contribution in [0.4, 0.5) is 0 Å². The molecule has 3 nitrogen and oxygen atoms in total. The summed E-state index contributed by atoms with van der Waals surface area (Å²) >= 11 is 0. The van der Waals surface area contributed by atoms with Crippen LogP contribution in [-0.4, -0.2) is 61.7 Å². The molecule has 0 aromatic carbocycles. The molecule has 2 fully saturated rings. The van der Waals surface area contributed by atoms with E-state index in [9.17, 15) is 0 Å². The molecule has 2 aliphatic rings. The predicted octanol–water partition coefficient (Wildman–Crippen LogP) is 1.40. The van der Waals surface area contributed by atoms with Gasteiger partial charge in [0.2, 0.25) is 0 Å². The second-order valence-corrected chi connectivity index (χ2v) is 6.25. The maximum absolute atomic E-state index is 3.58. The Balaban J connectivity index is 1.70. The van der Waals surface area contributed by atoms with E-state index in [0.29, 0.717) is 6.04 Å². The number of hydrogen-bond donors (Lipinski definition) is 1. The maximum atomic E-state index is 3.58. The van der Waals surface area contributed by atoms with Gasteiger partial charge in [0.1, 0.15) is 0 Å². The normalized spacial score (nSPS) is 29.3. The Morgan fingerprint density at radius 2 is 1.82 bits per heavy atom. The monoisotopic (exact) mass is 239 g/mol. The molecule has 1 unspecified atom stereocenters. The molecule has 2 saturated heterocycles. The zero-order valence-corrected chi connectivity index (χ0v) is 11.8. The van der Waals surface area contributed by atoms with Gasteiger partial charge in [-0.15, -0.1) is 0 Å². The molecule has 0 spiro atoms. The summed E-state index contributed by atoms with van der Waals surface area (Å²) in [5.74, 6) is 0.886. The van der Waals surface area contributed by atoms with Gasteiger partial charge < -0.3 is 10.2 Å². The molecule has 1 atom stereocenters. The van der Waals surface area contributed by atoms with Crippen LogP contribution in [0, 0.1) is 5.92 Å². The van der Waals surface area contributed by atoms with E-state index in [1.165, 1.54) is 52.0 Å². The predicted molar refractivity (Wildman–Crippen MR) is 73.3 cm³/mol. The summed E-state index contributed by atoms with van der Waals surface area (Å²) in [6.07, 6.45) is 4.15. The molecular formula is C14H29N3. The van der Waals surface area contributed by atoms with E-state index < -0.39 is 0 Å². The van der Waals surface area contributed by atoms with E-state index in [1.54, 1.807) is 0 Å². The molecule has 3 heteroatoms. The minimum atomic E-state index is 0.632. The fourth-order valence-electron chi connectivity index (χ4n) is 3.12. The summed E-state index contributed by atoms with van der Waals surface area (Å²) in [7, 11) is 2.25. The Hall–Kier alpha value is -0.120. The van der Waals surface area contributed by atoms with Crippen LogP contribution in [0.15, 0.2) is 0 Å². The summed E-state index contributed by atoms with van der Waals surface area (Å²) < 4.78 is 0. The van der Waals surface area contributed by atoms with Gasteiger partial charge in [-0.3, -0.25) is 4.90 Å². The van der Waals surface area contributed by atoms with Crippen molar-refractivity contribution in [2.45, 2.75) is 45.2 Å². The Kier molecular flexibility index (Phi) is 4.83. The first kappa shape index (κ1) is 13.3. The number of nitrogens with zero attached hydrogens (tertiary/aromatic N) is 2. The van der Waals surface area contributed by atoms with Crippen LogP contribution in [0.1, 0.15) is 33.1 Å². The number of piperidine rings is 1. The summed E-state index contributed by atoms with van der Waals surface area (Å²) in [4.78, 5) is 5.21. The Morgan fingerprint density at radius 1 is 1.12 bits per heavy atom. The zero-order valence-electron chi connectivity index (χ0n) is 11.8. The highest BCUT2D eigenvalue weighted by Gasteiger charge is 2.29. The van der Waals surface area contributed by atoms with Crippen molar-refractivity contribution in [1.29, 1.82) is 0 Å². The van der Waals surface area contributed by atoms with E-state index in [2.05, 4.69) is 36.0 Å². The van der Waals surface area contributed by atoms with Crippen LogP contribution >= 0.6 is 0 Å². The fraction of sp³-hybridized carbons (Fsp3) is 1.00.